The third kappa shape index (κ3) is 3.22. The maximum Gasteiger partial charge on any atom is 0.244 e. The second-order valence-electron chi connectivity index (χ2n) is 4.91. The minimum atomic E-state index is -0.306. The molecule has 4 nitrogen and oxygen atoms in total. The van der Waals surface area contributed by atoms with Gasteiger partial charge in [-0.25, -0.2) is 0 Å². The van der Waals surface area contributed by atoms with Crippen LogP contribution in [0.15, 0.2) is 42.7 Å². The van der Waals surface area contributed by atoms with Crippen molar-refractivity contribution in [3.63, 3.8) is 0 Å². The van der Waals surface area contributed by atoms with Gasteiger partial charge >= 0.3 is 0 Å². The van der Waals surface area contributed by atoms with Gasteiger partial charge in [-0.05, 0) is 26.3 Å². The van der Waals surface area contributed by atoms with Crippen molar-refractivity contribution in [3.8, 4) is 11.1 Å². The van der Waals surface area contributed by atoms with Gasteiger partial charge in [0.05, 0.1) is 6.20 Å². The third-order valence-corrected chi connectivity index (χ3v) is 2.92. The molecule has 1 aromatic carbocycles. The summed E-state index contributed by atoms with van der Waals surface area (Å²) in [6.45, 7) is 5.74. The van der Waals surface area contributed by atoms with Crippen molar-refractivity contribution in [2.24, 2.45) is 0 Å². The van der Waals surface area contributed by atoms with Crippen molar-refractivity contribution in [3.05, 3.63) is 42.7 Å². The average molecular weight is 257 g/mol. The number of benzene rings is 1. The van der Waals surface area contributed by atoms with Crippen LogP contribution in [-0.4, -0.2) is 21.7 Å². The summed E-state index contributed by atoms with van der Waals surface area (Å²) in [7, 11) is 0. The first-order chi connectivity index (χ1) is 9.08. The average Bonchev–Trinajstić information content (AvgIpc) is 2.87. The molecule has 100 valence electrons. The Hall–Kier alpha value is -2.10. The lowest BCUT2D eigenvalue weighted by atomic mass is 10.1. The highest BCUT2D eigenvalue weighted by Crippen LogP contribution is 2.19. The Morgan fingerprint density at radius 2 is 1.84 bits per heavy atom. The molecule has 1 amide bonds. The number of hydrogen-bond donors (Lipinski definition) is 1. The van der Waals surface area contributed by atoms with Gasteiger partial charge in [0.15, 0.2) is 0 Å². The molecule has 1 heterocycles. The summed E-state index contributed by atoms with van der Waals surface area (Å²) in [6, 6.07) is 9.84. The summed E-state index contributed by atoms with van der Waals surface area (Å²) in [5.41, 5.74) is 2.12. The number of carbonyl (C=O) groups is 1. The molecular weight excluding hydrogens is 238 g/mol. The van der Waals surface area contributed by atoms with E-state index in [0.29, 0.717) is 0 Å². The molecule has 0 bridgehead atoms. The number of aromatic nitrogens is 2. The fraction of sp³-hybridized carbons (Fsp3) is 0.333. The van der Waals surface area contributed by atoms with Gasteiger partial charge in [-0.3, -0.25) is 9.48 Å². The van der Waals surface area contributed by atoms with Crippen LogP contribution in [0.5, 0.6) is 0 Å². The number of hydrogen-bond acceptors (Lipinski definition) is 2. The molecule has 4 heteroatoms. The molecule has 1 aromatic heterocycles. The van der Waals surface area contributed by atoms with E-state index in [1.807, 2.05) is 57.3 Å². The van der Waals surface area contributed by atoms with E-state index in [0.717, 1.165) is 11.1 Å². The number of nitrogens with zero attached hydrogens (tertiary/aromatic N) is 2. The summed E-state index contributed by atoms with van der Waals surface area (Å²) in [5.74, 6) is -0.0160. The number of nitrogens with one attached hydrogen (secondary N) is 1. The summed E-state index contributed by atoms with van der Waals surface area (Å²) in [6.07, 6.45) is 3.69. The molecule has 1 atom stereocenters. The van der Waals surface area contributed by atoms with Gasteiger partial charge < -0.3 is 5.32 Å². The van der Waals surface area contributed by atoms with E-state index < -0.39 is 0 Å². The van der Waals surface area contributed by atoms with Crippen LogP contribution in [0.25, 0.3) is 11.1 Å². The van der Waals surface area contributed by atoms with E-state index in [9.17, 15) is 4.79 Å². The number of rotatable bonds is 4. The highest BCUT2D eigenvalue weighted by Gasteiger charge is 2.16. The Balaban J connectivity index is 2.15. The summed E-state index contributed by atoms with van der Waals surface area (Å²) in [5, 5.41) is 7.17. The second kappa shape index (κ2) is 5.69. The van der Waals surface area contributed by atoms with Gasteiger partial charge in [-0.15, -0.1) is 0 Å². The standard InChI is InChI=1S/C15H19N3O/c1-11(2)17-15(19)12(3)18-10-14(9-16-18)13-7-5-4-6-8-13/h4-12H,1-3H3,(H,17,19)/t12-/m0/s1. The van der Waals surface area contributed by atoms with E-state index in [2.05, 4.69) is 10.4 Å². The fourth-order valence-electron chi connectivity index (χ4n) is 1.85. The Morgan fingerprint density at radius 3 is 2.47 bits per heavy atom. The number of carbonyl (C=O) groups excluding carboxylic acids is 1. The molecule has 0 unspecified atom stereocenters. The van der Waals surface area contributed by atoms with Gasteiger partial charge in [-0.2, -0.15) is 5.10 Å². The Bertz CT molecular complexity index is 546. The van der Waals surface area contributed by atoms with Crippen LogP contribution < -0.4 is 5.32 Å². The van der Waals surface area contributed by atoms with Crippen LogP contribution in [0.1, 0.15) is 26.8 Å². The maximum atomic E-state index is 11.9. The first-order valence-electron chi connectivity index (χ1n) is 6.48. The van der Waals surface area contributed by atoms with Crippen LogP contribution in [0.4, 0.5) is 0 Å². The van der Waals surface area contributed by atoms with Crippen molar-refractivity contribution in [1.29, 1.82) is 0 Å². The first-order valence-corrected chi connectivity index (χ1v) is 6.48. The molecule has 0 spiro atoms. The lowest BCUT2D eigenvalue weighted by Crippen LogP contribution is -2.35. The predicted molar refractivity (Wildman–Crippen MR) is 75.7 cm³/mol. The van der Waals surface area contributed by atoms with Gasteiger partial charge in [0.1, 0.15) is 6.04 Å². The van der Waals surface area contributed by atoms with Crippen molar-refractivity contribution in [2.75, 3.05) is 0 Å². The lowest BCUT2D eigenvalue weighted by Gasteiger charge is -2.14. The molecular formula is C15H19N3O. The quantitative estimate of drug-likeness (QED) is 0.915. The summed E-state index contributed by atoms with van der Waals surface area (Å²) < 4.78 is 1.69. The summed E-state index contributed by atoms with van der Waals surface area (Å²) >= 11 is 0. The largest absolute Gasteiger partial charge is 0.352 e. The molecule has 19 heavy (non-hydrogen) atoms. The van der Waals surface area contributed by atoms with Gasteiger partial charge in [0, 0.05) is 17.8 Å². The molecule has 0 aliphatic heterocycles. The lowest BCUT2D eigenvalue weighted by molar-refractivity contribution is -0.124. The zero-order valence-corrected chi connectivity index (χ0v) is 11.5. The predicted octanol–water partition coefficient (Wildman–Crippen LogP) is 2.64. The first kappa shape index (κ1) is 13.3. The van der Waals surface area contributed by atoms with Crippen molar-refractivity contribution in [2.45, 2.75) is 32.9 Å². The minimum absolute atomic E-state index is 0.0160. The van der Waals surface area contributed by atoms with E-state index >= 15 is 0 Å². The molecule has 2 rings (SSSR count). The molecule has 0 saturated heterocycles. The maximum absolute atomic E-state index is 11.9. The zero-order chi connectivity index (χ0) is 13.8. The second-order valence-corrected chi connectivity index (χ2v) is 4.91. The Morgan fingerprint density at radius 1 is 1.16 bits per heavy atom. The normalized spacial score (nSPS) is 12.4. The topological polar surface area (TPSA) is 46.9 Å². The van der Waals surface area contributed by atoms with Crippen LogP contribution in [0, 0.1) is 0 Å². The van der Waals surface area contributed by atoms with Crippen molar-refractivity contribution >= 4 is 5.91 Å². The smallest absolute Gasteiger partial charge is 0.244 e. The zero-order valence-electron chi connectivity index (χ0n) is 11.5. The minimum Gasteiger partial charge on any atom is -0.352 e. The van der Waals surface area contributed by atoms with Crippen LogP contribution in [0.2, 0.25) is 0 Å². The Kier molecular flexibility index (Phi) is 4.00. The summed E-state index contributed by atoms with van der Waals surface area (Å²) in [4.78, 5) is 11.9. The third-order valence-electron chi connectivity index (χ3n) is 2.92. The monoisotopic (exact) mass is 257 g/mol. The van der Waals surface area contributed by atoms with E-state index in [1.165, 1.54) is 0 Å². The highest BCUT2D eigenvalue weighted by atomic mass is 16.2. The molecule has 0 fully saturated rings. The molecule has 0 radical (unpaired) electrons. The van der Waals surface area contributed by atoms with Crippen LogP contribution >= 0.6 is 0 Å². The van der Waals surface area contributed by atoms with Gasteiger partial charge in [0.2, 0.25) is 5.91 Å². The molecule has 1 N–H and O–H groups in total. The van der Waals surface area contributed by atoms with Crippen molar-refractivity contribution in [1.82, 2.24) is 15.1 Å². The molecule has 0 aliphatic rings. The SMILES string of the molecule is CC(C)NC(=O)[C@H](C)n1cc(-c2ccccc2)cn1. The van der Waals surface area contributed by atoms with Gasteiger partial charge in [-0.1, -0.05) is 30.3 Å². The van der Waals surface area contributed by atoms with E-state index in [4.69, 9.17) is 0 Å². The number of amides is 1. The van der Waals surface area contributed by atoms with Crippen molar-refractivity contribution < 1.29 is 4.79 Å². The van der Waals surface area contributed by atoms with Gasteiger partial charge in [0.25, 0.3) is 0 Å². The Labute approximate surface area is 113 Å². The van der Waals surface area contributed by atoms with Crippen LogP contribution in [-0.2, 0) is 4.79 Å². The van der Waals surface area contributed by atoms with Crippen LogP contribution in [0.3, 0.4) is 0 Å². The molecule has 2 aromatic rings. The highest BCUT2D eigenvalue weighted by molar-refractivity contribution is 5.80. The van der Waals surface area contributed by atoms with E-state index in [1.54, 1.807) is 10.9 Å². The van der Waals surface area contributed by atoms with E-state index in [-0.39, 0.29) is 18.0 Å². The molecule has 0 saturated carbocycles. The fourth-order valence-corrected chi connectivity index (χ4v) is 1.85. The molecule has 0 aliphatic carbocycles.